The van der Waals surface area contributed by atoms with Gasteiger partial charge in [0.2, 0.25) is 5.91 Å². The molecule has 2 heterocycles. The van der Waals surface area contributed by atoms with Gasteiger partial charge in [0.1, 0.15) is 6.54 Å². The van der Waals surface area contributed by atoms with Crippen LogP contribution in [0.4, 0.5) is 5.69 Å². The second-order valence-electron chi connectivity index (χ2n) is 9.25. The monoisotopic (exact) mass is 477 g/mol. The second kappa shape index (κ2) is 10.9. The summed E-state index contributed by atoms with van der Waals surface area (Å²) < 4.78 is 2.73. The maximum absolute atomic E-state index is 12.6. The zero-order valence-corrected chi connectivity index (χ0v) is 20.9. The van der Waals surface area contributed by atoms with Crippen molar-refractivity contribution in [3.63, 3.8) is 0 Å². The van der Waals surface area contributed by atoms with Gasteiger partial charge >= 0.3 is 11.1 Å². The van der Waals surface area contributed by atoms with Gasteiger partial charge in [-0.2, -0.15) is 0 Å². The molecule has 1 aliphatic rings. The van der Waals surface area contributed by atoms with Gasteiger partial charge in [0, 0.05) is 45.0 Å². The van der Waals surface area contributed by atoms with E-state index < -0.39 is 11.1 Å². The normalized spacial score (nSPS) is 14.4. The Hall–Kier alpha value is -3.39. The molecule has 1 N–H and O–H groups in total. The smallest absolute Gasteiger partial charge is 0.317 e. The number of nitrogens with one attached hydrogen (secondary N) is 1. The Balaban J connectivity index is 1.27. The largest absolute Gasteiger partial charge is 0.369 e. The fraction of sp³-hybridized carbons (Fsp3) is 0.444. The van der Waals surface area contributed by atoms with Gasteiger partial charge in [-0.05, 0) is 63.1 Å². The van der Waals surface area contributed by atoms with Crippen LogP contribution in [0.25, 0.3) is 11.0 Å². The van der Waals surface area contributed by atoms with Gasteiger partial charge < -0.3 is 14.8 Å². The van der Waals surface area contributed by atoms with Crippen molar-refractivity contribution in [1.29, 1.82) is 0 Å². The minimum atomic E-state index is -0.664. The van der Waals surface area contributed by atoms with Crippen LogP contribution in [0, 0.1) is 13.8 Å². The van der Waals surface area contributed by atoms with Crippen molar-refractivity contribution in [2.75, 3.05) is 44.2 Å². The van der Waals surface area contributed by atoms with Gasteiger partial charge in [0.15, 0.2) is 0 Å². The number of fused-ring (bicyclic) bond motifs is 1. The summed E-state index contributed by atoms with van der Waals surface area (Å²) in [6.45, 7) is 11.8. The predicted molar refractivity (Wildman–Crippen MR) is 140 cm³/mol. The highest BCUT2D eigenvalue weighted by Crippen LogP contribution is 2.22. The van der Waals surface area contributed by atoms with Crippen molar-refractivity contribution in [3.05, 3.63) is 74.3 Å². The SMILES string of the molecule is CCn1c(=O)c(=O)n(CC(=O)NCCCN2CCN(c3cc(C)ccc3C)CC2)c2ccccc21. The van der Waals surface area contributed by atoms with Crippen molar-refractivity contribution in [2.24, 2.45) is 0 Å². The van der Waals surface area contributed by atoms with Gasteiger partial charge in [-0.3, -0.25) is 23.9 Å². The van der Waals surface area contributed by atoms with E-state index in [0.717, 1.165) is 39.1 Å². The van der Waals surface area contributed by atoms with Gasteiger partial charge in [-0.25, -0.2) is 0 Å². The molecule has 8 heteroatoms. The maximum Gasteiger partial charge on any atom is 0.317 e. The number of piperazine rings is 1. The molecule has 3 aromatic rings. The van der Waals surface area contributed by atoms with E-state index in [9.17, 15) is 14.4 Å². The fourth-order valence-corrected chi connectivity index (χ4v) is 4.84. The Morgan fingerprint density at radius 1 is 0.914 bits per heavy atom. The van der Waals surface area contributed by atoms with E-state index in [1.54, 1.807) is 18.2 Å². The third-order valence-electron chi connectivity index (χ3n) is 6.81. The number of aryl methyl sites for hydroxylation is 3. The number of hydrogen-bond donors (Lipinski definition) is 1. The Morgan fingerprint density at radius 2 is 1.57 bits per heavy atom. The van der Waals surface area contributed by atoms with Crippen molar-refractivity contribution >= 4 is 22.6 Å². The topological polar surface area (TPSA) is 79.6 Å². The molecule has 0 spiro atoms. The zero-order chi connectivity index (χ0) is 24.9. The number of amides is 1. The number of rotatable bonds is 8. The summed E-state index contributed by atoms with van der Waals surface area (Å²) in [6, 6.07) is 13.8. The first-order valence-electron chi connectivity index (χ1n) is 12.4. The molecule has 0 aliphatic carbocycles. The highest BCUT2D eigenvalue weighted by molar-refractivity contribution is 5.80. The molecule has 186 valence electrons. The molecule has 0 atom stereocenters. The lowest BCUT2D eigenvalue weighted by atomic mass is 10.1. The Bertz CT molecular complexity index is 1320. The molecule has 8 nitrogen and oxygen atoms in total. The summed E-state index contributed by atoms with van der Waals surface area (Å²) >= 11 is 0. The van der Waals surface area contributed by atoms with E-state index in [1.165, 1.54) is 25.9 Å². The van der Waals surface area contributed by atoms with Crippen molar-refractivity contribution in [1.82, 2.24) is 19.4 Å². The highest BCUT2D eigenvalue weighted by Gasteiger charge is 2.18. The van der Waals surface area contributed by atoms with Crippen LogP contribution in [0.2, 0.25) is 0 Å². The predicted octanol–water partition coefficient (Wildman–Crippen LogP) is 2.13. The Kier molecular flexibility index (Phi) is 7.70. The molecular weight excluding hydrogens is 442 g/mol. The van der Waals surface area contributed by atoms with E-state index in [4.69, 9.17) is 0 Å². The summed E-state index contributed by atoms with van der Waals surface area (Å²) in [4.78, 5) is 42.6. The minimum Gasteiger partial charge on any atom is -0.369 e. The Labute approximate surface area is 205 Å². The average molecular weight is 478 g/mol. The first-order chi connectivity index (χ1) is 16.9. The fourth-order valence-electron chi connectivity index (χ4n) is 4.84. The lowest BCUT2D eigenvalue weighted by Crippen LogP contribution is -2.47. The molecule has 2 aromatic carbocycles. The molecule has 1 aromatic heterocycles. The third-order valence-corrected chi connectivity index (χ3v) is 6.81. The summed E-state index contributed by atoms with van der Waals surface area (Å²) in [5, 5.41) is 2.91. The maximum atomic E-state index is 12.6. The number of aromatic nitrogens is 2. The van der Waals surface area contributed by atoms with E-state index in [0.29, 0.717) is 24.1 Å². The number of para-hydroxylation sites is 2. The van der Waals surface area contributed by atoms with Crippen LogP contribution in [0.3, 0.4) is 0 Å². The van der Waals surface area contributed by atoms with Gasteiger partial charge in [-0.1, -0.05) is 24.3 Å². The number of benzene rings is 2. The van der Waals surface area contributed by atoms with Crippen LogP contribution in [0.5, 0.6) is 0 Å². The number of anilines is 1. The average Bonchev–Trinajstić information content (AvgIpc) is 2.87. The standard InChI is InChI=1S/C27H35N5O3/c1-4-31-22-8-5-6-9-23(22)32(27(35)26(31)34)19-25(33)28-12-7-13-29-14-16-30(17-15-29)24-18-20(2)10-11-21(24)3/h5-6,8-11,18H,4,7,12-17,19H2,1-3H3,(H,28,33). The van der Waals surface area contributed by atoms with Crippen molar-refractivity contribution < 1.29 is 4.79 Å². The molecular formula is C27H35N5O3. The highest BCUT2D eigenvalue weighted by atomic mass is 16.2. The van der Waals surface area contributed by atoms with Crippen molar-refractivity contribution in [3.8, 4) is 0 Å². The van der Waals surface area contributed by atoms with E-state index in [1.807, 2.05) is 13.0 Å². The molecule has 1 saturated heterocycles. The van der Waals surface area contributed by atoms with E-state index >= 15 is 0 Å². The molecule has 0 radical (unpaired) electrons. The first-order valence-corrected chi connectivity index (χ1v) is 12.4. The number of carbonyl (C=O) groups excluding carboxylic acids is 1. The van der Waals surface area contributed by atoms with E-state index in [-0.39, 0.29) is 12.5 Å². The number of carbonyl (C=O) groups is 1. The zero-order valence-electron chi connectivity index (χ0n) is 20.9. The molecule has 0 unspecified atom stereocenters. The van der Waals surface area contributed by atoms with Crippen LogP contribution in [-0.2, 0) is 17.9 Å². The molecule has 4 rings (SSSR count). The molecule has 35 heavy (non-hydrogen) atoms. The summed E-state index contributed by atoms with van der Waals surface area (Å²) in [5.41, 5.74) is 3.91. The van der Waals surface area contributed by atoms with Gasteiger partial charge in [-0.15, -0.1) is 0 Å². The summed E-state index contributed by atoms with van der Waals surface area (Å²) in [6.07, 6.45) is 0.836. The Morgan fingerprint density at radius 3 is 2.26 bits per heavy atom. The first kappa shape index (κ1) is 24.7. The lowest BCUT2D eigenvalue weighted by Gasteiger charge is -2.37. The number of nitrogens with zero attached hydrogens (tertiary/aromatic N) is 4. The second-order valence-corrected chi connectivity index (χ2v) is 9.25. The minimum absolute atomic E-state index is 0.159. The third kappa shape index (κ3) is 5.48. The van der Waals surface area contributed by atoms with Crippen LogP contribution >= 0.6 is 0 Å². The number of hydrogen-bond acceptors (Lipinski definition) is 5. The van der Waals surface area contributed by atoms with Crippen LogP contribution in [0.1, 0.15) is 24.5 Å². The van der Waals surface area contributed by atoms with Gasteiger partial charge in [0.05, 0.1) is 11.0 Å². The molecule has 1 amide bonds. The quantitative estimate of drug-likeness (QED) is 0.397. The van der Waals surface area contributed by atoms with Crippen molar-refractivity contribution in [2.45, 2.75) is 40.3 Å². The summed E-state index contributed by atoms with van der Waals surface area (Å²) in [5.74, 6) is -0.259. The van der Waals surface area contributed by atoms with Crippen LogP contribution in [0.15, 0.2) is 52.1 Å². The van der Waals surface area contributed by atoms with E-state index in [2.05, 4.69) is 47.2 Å². The van der Waals surface area contributed by atoms with Crippen LogP contribution < -0.4 is 21.3 Å². The molecule has 1 fully saturated rings. The molecule has 0 bridgehead atoms. The molecule has 1 aliphatic heterocycles. The molecule has 0 saturated carbocycles. The van der Waals surface area contributed by atoms with Gasteiger partial charge in [0.25, 0.3) is 0 Å². The van der Waals surface area contributed by atoms with Crippen LogP contribution in [-0.4, -0.2) is 59.2 Å². The summed E-state index contributed by atoms with van der Waals surface area (Å²) in [7, 11) is 0. The lowest BCUT2D eigenvalue weighted by molar-refractivity contribution is -0.121.